The Bertz CT molecular complexity index is 1700. The van der Waals surface area contributed by atoms with Crippen LogP contribution >= 0.6 is 0 Å². The van der Waals surface area contributed by atoms with Crippen molar-refractivity contribution in [2.75, 3.05) is 46.2 Å². The quantitative estimate of drug-likeness (QED) is 0.0479. The van der Waals surface area contributed by atoms with Gasteiger partial charge in [-0.05, 0) is 0 Å². The summed E-state index contributed by atoms with van der Waals surface area (Å²) in [5, 5.41) is 206. The highest BCUT2D eigenvalue weighted by atomic mass is 16.8. The van der Waals surface area contributed by atoms with Gasteiger partial charge in [-0.1, -0.05) is 0 Å². The minimum Gasteiger partial charge on any atom is -0.394 e. The lowest BCUT2D eigenvalue weighted by Crippen LogP contribution is -2.69. The molecule has 0 bridgehead atoms. The van der Waals surface area contributed by atoms with Crippen molar-refractivity contribution in [3.8, 4) is 0 Å². The number of carbonyl (C=O) groups is 2. The molecule has 0 saturated carbocycles. The maximum atomic E-state index is 12.5. The molecule has 21 N–H and O–H groups in total. The maximum Gasteiger partial charge on any atom is 0.217 e. The summed E-state index contributed by atoms with van der Waals surface area (Å²) in [4.78, 5) is 24.3. The topological polar surface area (TPSA) is 535 Å². The highest BCUT2D eigenvalue weighted by molar-refractivity contribution is 5.73. The minimum atomic E-state index is -2.28. The zero-order valence-corrected chi connectivity index (χ0v) is 39.1. The Morgan fingerprint density at radius 2 is 0.890 bits per heavy atom. The summed E-state index contributed by atoms with van der Waals surface area (Å²) < 4.78 is 56.5. The van der Waals surface area contributed by atoms with Gasteiger partial charge in [-0.2, -0.15) is 0 Å². The molecule has 426 valence electrons. The van der Waals surface area contributed by atoms with E-state index in [0.717, 1.165) is 13.8 Å². The molecule has 5 heterocycles. The number of nitrogens with one attached hydrogen (secondary N) is 2. The third-order valence-electron chi connectivity index (χ3n) is 12.9. The van der Waals surface area contributed by atoms with Gasteiger partial charge in [-0.15, -0.1) is 0 Å². The van der Waals surface area contributed by atoms with E-state index in [9.17, 15) is 107 Å². The van der Waals surface area contributed by atoms with Crippen molar-refractivity contribution in [1.29, 1.82) is 0 Å². The summed E-state index contributed by atoms with van der Waals surface area (Å²) in [6.07, 6.45) is -52.4. The normalized spacial score (nSPS) is 45.2. The molecule has 5 unspecified atom stereocenters. The molecule has 5 rings (SSSR count). The monoisotopic (exact) mass is 1070 g/mol. The van der Waals surface area contributed by atoms with Gasteiger partial charge in [0.05, 0.1) is 52.3 Å². The Morgan fingerprint density at radius 1 is 0.466 bits per heavy atom. The van der Waals surface area contributed by atoms with Gasteiger partial charge in [0.1, 0.15) is 140 Å². The van der Waals surface area contributed by atoms with Crippen LogP contribution in [0, 0.1) is 0 Å². The number of hydrogen-bond acceptors (Lipinski definition) is 31. The van der Waals surface area contributed by atoms with Gasteiger partial charge >= 0.3 is 0 Å². The van der Waals surface area contributed by atoms with Crippen LogP contribution in [0.2, 0.25) is 0 Å². The van der Waals surface area contributed by atoms with E-state index in [2.05, 4.69) is 10.6 Å². The molecule has 33 heteroatoms. The van der Waals surface area contributed by atoms with Crippen LogP contribution < -0.4 is 10.6 Å². The predicted octanol–water partition coefficient (Wildman–Crippen LogP) is -14.2. The van der Waals surface area contributed by atoms with Crippen LogP contribution in [0.5, 0.6) is 0 Å². The first kappa shape index (κ1) is 61.6. The van der Waals surface area contributed by atoms with Crippen LogP contribution in [-0.2, 0) is 57.0 Å². The third kappa shape index (κ3) is 14.3. The number of carbonyl (C=O) groups excluding carboxylic acids is 2. The molecule has 33 nitrogen and oxygen atoms in total. The summed E-state index contributed by atoms with van der Waals surface area (Å²) in [6.45, 7) is -4.59. The highest BCUT2D eigenvalue weighted by Gasteiger charge is 2.56. The summed E-state index contributed by atoms with van der Waals surface area (Å²) in [7, 11) is 0. The van der Waals surface area contributed by atoms with Crippen molar-refractivity contribution in [2.24, 2.45) is 0 Å². The van der Waals surface area contributed by atoms with E-state index in [0.29, 0.717) is 0 Å². The lowest BCUT2D eigenvalue weighted by atomic mass is 9.94. The number of amides is 2. The van der Waals surface area contributed by atoms with Crippen molar-refractivity contribution >= 4 is 11.8 Å². The number of rotatable bonds is 22. The fourth-order valence-corrected chi connectivity index (χ4v) is 8.71. The van der Waals surface area contributed by atoms with Gasteiger partial charge < -0.3 is 155 Å². The Balaban J connectivity index is 1.40. The Hall–Kier alpha value is -2.22. The molecule has 73 heavy (non-hydrogen) atoms. The molecule has 0 aromatic heterocycles. The van der Waals surface area contributed by atoms with Crippen molar-refractivity contribution in [3.05, 3.63) is 0 Å². The van der Waals surface area contributed by atoms with Crippen LogP contribution in [0.25, 0.3) is 0 Å². The smallest absolute Gasteiger partial charge is 0.217 e. The molecule has 0 aliphatic carbocycles. The average Bonchev–Trinajstić information content (AvgIpc) is 3.36. The molecular formula is C40H70N2O31. The first-order chi connectivity index (χ1) is 34.4. The van der Waals surface area contributed by atoms with E-state index < -0.39 is 236 Å². The Morgan fingerprint density at radius 3 is 1.37 bits per heavy atom. The molecule has 0 aromatic carbocycles. The second kappa shape index (κ2) is 27.4. The van der Waals surface area contributed by atoms with Gasteiger partial charge in [0.15, 0.2) is 31.5 Å². The largest absolute Gasteiger partial charge is 0.394 e. The van der Waals surface area contributed by atoms with Crippen molar-refractivity contribution in [1.82, 2.24) is 10.6 Å². The molecule has 0 spiro atoms. The molecule has 29 atom stereocenters. The fourth-order valence-electron chi connectivity index (χ4n) is 8.71. The van der Waals surface area contributed by atoms with Gasteiger partial charge in [-0.3, -0.25) is 9.59 Å². The van der Waals surface area contributed by atoms with Crippen LogP contribution in [0.1, 0.15) is 13.8 Å². The SMILES string of the molecule is CC(=O)N[C@@H](CO)[C@@H](O)[C@H](OC1O[C@H](CO)[C@@H](OC2O[C@H](COC3O[C@H](COC4O[C@H](CO)[C@@H](O)[C@H](O)[C@@H]4O)[C@@H](O)[C@H](O)[C@@H]3O)[C@@H](O)[C@H](OC3O[C@H](CO)[C@@H](O)[C@H](O)[C@@H]3O)[C@@H]2O)[C@H](O)[C@H]1NC(C)=O)[C@H](O)CO. The summed E-state index contributed by atoms with van der Waals surface area (Å²) in [5.74, 6) is -1.61. The second-order valence-electron chi connectivity index (χ2n) is 18.1. The van der Waals surface area contributed by atoms with E-state index in [1.165, 1.54) is 0 Å². The zero-order valence-electron chi connectivity index (χ0n) is 39.1. The van der Waals surface area contributed by atoms with Crippen LogP contribution in [-0.4, -0.2) is 333 Å². The first-order valence-electron chi connectivity index (χ1n) is 23.0. The summed E-state index contributed by atoms with van der Waals surface area (Å²) in [6, 6.07) is -3.34. The minimum absolute atomic E-state index is 0.740. The van der Waals surface area contributed by atoms with E-state index in [4.69, 9.17) is 47.4 Å². The molecule has 5 aliphatic heterocycles. The molecule has 2 amide bonds. The second-order valence-corrected chi connectivity index (χ2v) is 18.1. The van der Waals surface area contributed by atoms with Crippen molar-refractivity contribution in [3.63, 3.8) is 0 Å². The standard InChI is InChI=1S/C40H70N2O31/c1-10(48)41-12(3-43)20(51)33(13(50)4-44)71-36-19(42-11(2)49)25(56)34(16(7-47)68-36)72-40-32(63)35(73-39-31(62)27(58)22(53)15(6-46)67-39)24(55)18(70-40)9-65-38-30(61)28(59)23(54)17(69-38)8-64-37-29(60)26(57)21(52)14(5-45)66-37/h12-40,43-47,50-63H,3-9H2,1-2H3,(H,41,48)(H,42,49)/t12-,13+,14+,15+,16+,17+,18+,19+,20+,21+,22+,23+,24+,25+,26-,27-,28-,29-,30-,31-,32-,33+,34+,35-,36?,37?,38?,39?,40?/m0/s1. The van der Waals surface area contributed by atoms with E-state index in [1.807, 2.05) is 0 Å². The van der Waals surface area contributed by atoms with Gasteiger partial charge in [0, 0.05) is 13.8 Å². The van der Waals surface area contributed by atoms with Crippen LogP contribution in [0.15, 0.2) is 0 Å². The van der Waals surface area contributed by atoms with Gasteiger partial charge in [0.25, 0.3) is 0 Å². The van der Waals surface area contributed by atoms with E-state index >= 15 is 0 Å². The lowest BCUT2D eigenvalue weighted by molar-refractivity contribution is -0.383. The number of ether oxygens (including phenoxy) is 10. The van der Waals surface area contributed by atoms with E-state index in [1.54, 1.807) is 0 Å². The highest BCUT2D eigenvalue weighted by Crippen LogP contribution is 2.35. The van der Waals surface area contributed by atoms with Gasteiger partial charge in [-0.25, -0.2) is 0 Å². The Kier molecular flexibility index (Phi) is 23.1. The lowest BCUT2D eigenvalue weighted by Gasteiger charge is -2.49. The molecule has 5 saturated heterocycles. The third-order valence-corrected chi connectivity index (χ3v) is 12.9. The summed E-state index contributed by atoms with van der Waals surface area (Å²) in [5.41, 5.74) is 0. The van der Waals surface area contributed by atoms with Crippen LogP contribution in [0.3, 0.4) is 0 Å². The molecule has 0 aromatic rings. The molecule has 5 aliphatic rings. The van der Waals surface area contributed by atoms with Crippen molar-refractivity contribution < 1.29 is 154 Å². The van der Waals surface area contributed by atoms with E-state index in [-0.39, 0.29) is 0 Å². The summed E-state index contributed by atoms with van der Waals surface area (Å²) >= 11 is 0. The van der Waals surface area contributed by atoms with Crippen LogP contribution in [0.4, 0.5) is 0 Å². The Labute approximate surface area is 414 Å². The molecular weight excluding hydrogens is 1000 g/mol. The number of aliphatic hydroxyl groups excluding tert-OH is 19. The first-order valence-corrected chi connectivity index (χ1v) is 23.0. The molecule has 5 fully saturated rings. The number of hydrogen-bond donors (Lipinski definition) is 21. The predicted molar refractivity (Wildman–Crippen MR) is 225 cm³/mol. The maximum absolute atomic E-state index is 12.5. The fraction of sp³-hybridized carbons (Fsp3) is 0.950. The number of aliphatic hydroxyl groups is 19. The average molecular weight is 1070 g/mol. The van der Waals surface area contributed by atoms with Crippen molar-refractivity contribution in [2.45, 2.75) is 192 Å². The van der Waals surface area contributed by atoms with Gasteiger partial charge in [0.2, 0.25) is 11.8 Å². The zero-order chi connectivity index (χ0) is 54.3. The molecule has 0 radical (unpaired) electrons.